The van der Waals surface area contributed by atoms with Gasteiger partial charge in [-0.15, -0.1) is 0 Å². The fourth-order valence-corrected chi connectivity index (χ4v) is 2.22. The number of carbonyl (C=O) groups excluding carboxylic acids is 3. The van der Waals surface area contributed by atoms with Gasteiger partial charge in [-0.05, 0) is 42.5 Å². The molecule has 0 unspecified atom stereocenters. The molecule has 0 saturated carbocycles. The molecule has 0 saturated heterocycles. The summed E-state index contributed by atoms with van der Waals surface area (Å²) in [5.74, 6) is -0.755. The van der Waals surface area contributed by atoms with Crippen LogP contribution in [0.4, 0.5) is 11.4 Å². The lowest BCUT2D eigenvalue weighted by Gasteiger charge is -2.12. The van der Waals surface area contributed by atoms with Crippen molar-refractivity contribution >= 4 is 29.2 Å². The molecule has 0 spiro atoms. The Morgan fingerprint density at radius 3 is 2.15 bits per heavy atom. The average Bonchev–Trinajstić information content (AvgIpc) is 2.68. The zero-order valence-electron chi connectivity index (χ0n) is 15.7. The number of hydrogen-bond acceptors (Lipinski definition) is 5. The smallest absolute Gasteiger partial charge is 0.340 e. The summed E-state index contributed by atoms with van der Waals surface area (Å²) in [6.07, 6.45) is 0. The fourth-order valence-electron chi connectivity index (χ4n) is 2.22. The van der Waals surface area contributed by atoms with E-state index in [9.17, 15) is 14.4 Å². The van der Waals surface area contributed by atoms with Gasteiger partial charge in [0.05, 0.1) is 25.5 Å². The zero-order valence-corrected chi connectivity index (χ0v) is 15.7. The molecule has 2 amide bonds. The quantitative estimate of drug-likeness (QED) is 0.761. The molecule has 0 aliphatic carbocycles. The Balaban J connectivity index is 2.17. The van der Waals surface area contributed by atoms with E-state index in [1.807, 2.05) is 0 Å². The number of amides is 2. The predicted octanol–water partition coefficient (Wildman–Crippen LogP) is 3.33. The summed E-state index contributed by atoms with van der Waals surface area (Å²) in [5.41, 5.74) is 1.48. The second-order valence-corrected chi connectivity index (χ2v) is 6.08. The summed E-state index contributed by atoms with van der Waals surface area (Å²) in [4.78, 5) is 36.2. The molecule has 2 rings (SSSR count). The molecule has 2 aromatic rings. The van der Waals surface area contributed by atoms with Crippen molar-refractivity contribution in [3.63, 3.8) is 0 Å². The first kappa shape index (κ1) is 20.0. The molecule has 0 aliphatic rings. The summed E-state index contributed by atoms with van der Waals surface area (Å²) in [7, 11) is 2.74. The van der Waals surface area contributed by atoms with Crippen LogP contribution < -0.4 is 15.4 Å². The van der Waals surface area contributed by atoms with Crippen LogP contribution in [0.5, 0.6) is 5.75 Å². The molecule has 0 fully saturated rings. The molecule has 27 heavy (non-hydrogen) atoms. The van der Waals surface area contributed by atoms with E-state index in [0.29, 0.717) is 22.7 Å². The minimum atomic E-state index is -0.587. The van der Waals surface area contributed by atoms with Crippen LogP contribution in [-0.4, -0.2) is 32.0 Å². The minimum Gasteiger partial charge on any atom is -0.497 e. The van der Waals surface area contributed by atoms with Crippen LogP contribution in [0.1, 0.15) is 34.6 Å². The number of methoxy groups -OCH3 is 2. The highest BCUT2D eigenvalue weighted by molar-refractivity contribution is 6.08. The van der Waals surface area contributed by atoms with Gasteiger partial charge in [-0.25, -0.2) is 4.79 Å². The van der Waals surface area contributed by atoms with Gasteiger partial charge in [-0.2, -0.15) is 0 Å². The lowest BCUT2D eigenvalue weighted by atomic mass is 10.1. The van der Waals surface area contributed by atoms with Crippen LogP contribution >= 0.6 is 0 Å². The van der Waals surface area contributed by atoms with Gasteiger partial charge < -0.3 is 20.1 Å². The third kappa shape index (κ3) is 5.07. The van der Waals surface area contributed by atoms with Crippen LogP contribution in [-0.2, 0) is 9.53 Å². The van der Waals surface area contributed by atoms with Crippen molar-refractivity contribution in [3.8, 4) is 5.75 Å². The number of anilines is 2. The normalized spacial score (nSPS) is 10.3. The van der Waals surface area contributed by atoms with Gasteiger partial charge in [0.1, 0.15) is 5.75 Å². The van der Waals surface area contributed by atoms with Crippen molar-refractivity contribution < 1.29 is 23.9 Å². The third-order valence-electron chi connectivity index (χ3n) is 3.82. The highest BCUT2D eigenvalue weighted by Crippen LogP contribution is 2.23. The second-order valence-electron chi connectivity index (χ2n) is 6.08. The maximum atomic E-state index is 12.5. The summed E-state index contributed by atoms with van der Waals surface area (Å²) in [6, 6.07) is 11.2. The van der Waals surface area contributed by atoms with Crippen molar-refractivity contribution in [2.75, 3.05) is 24.9 Å². The Morgan fingerprint density at radius 1 is 0.926 bits per heavy atom. The Labute approximate surface area is 157 Å². The van der Waals surface area contributed by atoms with Crippen LogP contribution in [0.25, 0.3) is 0 Å². The number of nitrogens with one attached hydrogen (secondary N) is 2. The van der Waals surface area contributed by atoms with Crippen LogP contribution in [0.2, 0.25) is 0 Å². The number of ether oxygens (including phenoxy) is 2. The van der Waals surface area contributed by atoms with E-state index in [2.05, 4.69) is 10.6 Å². The van der Waals surface area contributed by atoms with E-state index in [0.717, 1.165) is 0 Å². The van der Waals surface area contributed by atoms with Crippen LogP contribution in [0.3, 0.4) is 0 Å². The lowest BCUT2D eigenvalue weighted by Crippen LogP contribution is -2.18. The molecule has 142 valence electrons. The van der Waals surface area contributed by atoms with Crippen molar-refractivity contribution in [1.29, 1.82) is 0 Å². The standard InChI is InChI=1S/C20H22N2O5/c1-12(2)18(23)21-14-7-5-13(6-8-14)19(24)22-17-10-9-15(26-3)11-16(17)20(25)27-4/h5-12H,1-4H3,(H,21,23)(H,22,24). The number of hydrogen-bond donors (Lipinski definition) is 2. The largest absolute Gasteiger partial charge is 0.497 e. The molecule has 0 heterocycles. The van der Waals surface area contributed by atoms with Gasteiger partial charge in [0.25, 0.3) is 5.91 Å². The highest BCUT2D eigenvalue weighted by atomic mass is 16.5. The molecule has 0 atom stereocenters. The Hall–Kier alpha value is -3.35. The number of carbonyl (C=O) groups is 3. The predicted molar refractivity (Wildman–Crippen MR) is 102 cm³/mol. The van der Waals surface area contributed by atoms with E-state index in [1.54, 1.807) is 50.2 Å². The minimum absolute atomic E-state index is 0.104. The molecular formula is C20H22N2O5. The van der Waals surface area contributed by atoms with Crippen molar-refractivity contribution in [3.05, 3.63) is 53.6 Å². The van der Waals surface area contributed by atoms with Crippen LogP contribution in [0.15, 0.2) is 42.5 Å². The van der Waals surface area contributed by atoms with Gasteiger partial charge in [0.2, 0.25) is 5.91 Å². The topological polar surface area (TPSA) is 93.7 Å². The van der Waals surface area contributed by atoms with E-state index in [-0.39, 0.29) is 17.4 Å². The molecule has 2 aromatic carbocycles. The lowest BCUT2D eigenvalue weighted by molar-refractivity contribution is -0.118. The Bertz CT molecular complexity index is 844. The van der Waals surface area contributed by atoms with Gasteiger partial charge >= 0.3 is 5.97 Å². The van der Waals surface area contributed by atoms with Crippen molar-refractivity contribution in [1.82, 2.24) is 0 Å². The van der Waals surface area contributed by atoms with E-state index in [1.165, 1.54) is 20.3 Å². The fraction of sp³-hybridized carbons (Fsp3) is 0.250. The Kier molecular flexibility index (Phi) is 6.54. The Morgan fingerprint density at radius 2 is 1.59 bits per heavy atom. The summed E-state index contributed by atoms with van der Waals surface area (Å²) in [6.45, 7) is 3.59. The summed E-state index contributed by atoms with van der Waals surface area (Å²) >= 11 is 0. The maximum Gasteiger partial charge on any atom is 0.340 e. The van der Waals surface area contributed by atoms with Gasteiger partial charge in [-0.1, -0.05) is 13.8 Å². The molecule has 0 bridgehead atoms. The first-order valence-electron chi connectivity index (χ1n) is 8.34. The summed E-state index contributed by atoms with van der Waals surface area (Å²) < 4.78 is 9.85. The van der Waals surface area contributed by atoms with E-state index in [4.69, 9.17) is 9.47 Å². The van der Waals surface area contributed by atoms with Gasteiger partial charge in [0, 0.05) is 17.2 Å². The van der Waals surface area contributed by atoms with Crippen LogP contribution in [0, 0.1) is 5.92 Å². The SMILES string of the molecule is COC(=O)c1cc(OC)ccc1NC(=O)c1ccc(NC(=O)C(C)C)cc1. The zero-order chi connectivity index (χ0) is 20.0. The molecular weight excluding hydrogens is 348 g/mol. The third-order valence-corrected chi connectivity index (χ3v) is 3.82. The van der Waals surface area contributed by atoms with Gasteiger partial charge in [0.15, 0.2) is 0 Å². The monoisotopic (exact) mass is 370 g/mol. The number of rotatable bonds is 6. The maximum absolute atomic E-state index is 12.5. The van der Waals surface area contributed by atoms with E-state index >= 15 is 0 Å². The van der Waals surface area contributed by atoms with E-state index < -0.39 is 11.9 Å². The first-order chi connectivity index (χ1) is 12.8. The molecule has 2 N–H and O–H groups in total. The van der Waals surface area contributed by atoms with Crippen molar-refractivity contribution in [2.45, 2.75) is 13.8 Å². The number of benzene rings is 2. The molecule has 0 aliphatic heterocycles. The highest BCUT2D eigenvalue weighted by Gasteiger charge is 2.16. The first-order valence-corrected chi connectivity index (χ1v) is 8.34. The number of esters is 1. The summed E-state index contributed by atoms with van der Waals surface area (Å²) in [5, 5.41) is 5.44. The molecule has 0 aromatic heterocycles. The van der Waals surface area contributed by atoms with Crippen molar-refractivity contribution in [2.24, 2.45) is 5.92 Å². The van der Waals surface area contributed by atoms with Gasteiger partial charge in [-0.3, -0.25) is 9.59 Å². The second kappa shape index (κ2) is 8.84. The average molecular weight is 370 g/mol. The molecule has 7 heteroatoms. The molecule has 0 radical (unpaired) electrons. The molecule has 7 nitrogen and oxygen atoms in total.